The van der Waals surface area contributed by atoms with Crippen LogP contribution in [0, 0.1) is 6.92 Å². The number of H-pyrrole nitrogens is 1. The van der Waals surface area contributed by atoms with E-state index in [1.807, 2.05) is 36.4 Å². The number of amides is 1. The molecule has 0 aliphatic carbocycles. The summed E-state index contributed by atoms with van der Waals surface area (Å²) in [6, 6.07) is 14.1. The van der Waals surface area contributed by atoms with Gasteiger partial charge in [0.15, 0.2) is 0 Å². The molecule has 1 amide bonds. The fourth-order valence-corrected chi connectivity index (χ4v) is 4.15. The second-order valence-electron chi connectivity index (χ2n) is 7.01. The molecule has 1 aromatic heterocycles. The van der Waals surface area contributed by atoms with E-state index in [1.165, 1.54) is 11.1 Å². The van der Waals surface area contributed by atoms with Crippen LogP contribution in [0.25, 0.3) is 10.9 Å². The lowest BCUT2D eigenvalue weighted by Crippen LogP contribution is -2.27. The quantitative estimate of drug-likeness (QED) is 0.617. The maximum Gasteiger partial charge on any atom is 0.267 e. The number of aryl methyl sites for hydroxylation is 1. The molecule has 4 nitrogen and oxygen atoms in total. The van der Waals surface area contributed by atoms with Crippen LogP contribution in [0.15, 0.2) is 42.5 Å². The van der Waals surface area contributed by atoms with Crippen molar-refractivity contribution in [2.24, 2.45) is 0 Å². The molecule has 1 aliphatic rings. The van der Waals surface area contributed by atoms with Gasteiger partial charge in [-0.05, 0) is 49.6 Å². The Bertz CT molecular complexity index is 946. The van der Waals surface area contributed by atoms with Crippen molar-refractivity contribution < 1.29 is 4.79 Å². The Hall–Kier alpha value is -2.46. The molecule has 4 rings (SSSR count). The third kappa shape index (κ3) is 2.95. The van der Waals surface area contributed by atoms with Crippen LogP contribution in [-0.2, 0) is 0 Å². The number of hydrogen-bond acceptors (Lipinski definition) is 2. The lowest BCUT2D eigenvalue weighted by atomic mass is 9.89. The van der Waals surface area contributed by atoms with Crippen molar-refractivity contribution in [2.75, 3.05) is 11.9 Å². The first kappa shape index (κ1) is 17.0. The summed E-state index contributed by atoms with van der Waals surface area (Å²) in [5, 5.41) is 8.35. The van der Waals surface area contributed by atoms with Crippen LogP contribution in [0.3, 0.4) is 0 Å². The number of anilines is 1. The molecule has 3 N–H and O–H groups in total. The highest BCUT2D eigenvalue weighted by Gasteiger charge is 2.31. The lowest BCUT2D eigenvalue weighted by molar-refractivity contribution is 0.0948. The maximum atomic E-state index is 12.5. The summed E-state index contributed by atoms with van der Waals surface area (Å²) < 4.78 is 0. The second-order valence-corrected chi connectivity index (χ2v) is 7.41. The summed E-state index contributed by atoms with van der Waals surface area (Å²) in [6.45, 7) is 4.90. The van der Waals surface area contributed by atoms with Gasteiger partial charge in [0.05, 0.1) is 10.7 Å². The van der Waals surface area contributed by atoms with Gasteiger partial charge in [-0.15, -0.1) is 0 Å². The van der Waals surface area contributed by atoms with Crippen LogP contribution in [0.2, 0.25) is 5.02 Å². The predicted octanol–water partition coefficient (Wildman–Crippen LogP) is 4.85. The van der Waals surface area contributed by atoms with E-state index in [0.29, 0.717) is 24.2 Å². The smallest absolute Gasteiger partial charge is 0.267 e. The summed E-state index contributed by atoms with van der Waals surface area (Å²) >= 11 is 6.34. The molecule has 26 heavy (non-hydrogen) atoms. The first-order valence-electron chi connectivity index (χ1n) is 8.96. The molecule has 0 spiro atoms. The van der Waals surface area contributed by atoms with E-state index >= 15 is 0 Å². The standard InChI is InChI=1S/C21H22ClN3O/c1-12-7-8-16(22)20-19(12)15(13(2)24-20)9-10-23-21(26)18-11-14-5-3-4-6-17(14)25-18/h3-8,11,13,15,24-25H,9-10H2,1-2H3,(H,23,26). The second kappa shape index (κ2) is 6.69. The van der Waals surface area contributed by atoms with E-state index in [1.54, 1.807) is 0 Å². The number of hydrogen-bond donors (Lipinski definition) is 3. The van der Waals surface area contributed by atoms with Crippen LogP contribution >= 0.6 is 11.6 Å². The highest BCUT2D eigenvalue weighted by Crippen LogP contribution is 2.43. The van der Waals surface area contributed by atoms with E-state index in [4.69, 9.17) is 11.6 Å². The SMILES string of the molecule is Cc1ccc(Cl)c2c1C(CCNC(=O)c1cc3ccccc3[nH]1)C(C)N2. The first-order valence-corrected chi connectivity index (χ1v) is 9.34. The van der Waals surface area contributed by atoms with E-state index in [9.17, 15) is 4.79 Å². The van der Waals surface area contributed by atoms with Crippen LogP contribution in [-0.4, -0.2) is 23.5 Å². The van der Waals surface area contributed by atoms with E-state index in [-0.39, 0.29) is 5.91 Å². The molecule has 0 radical (unpaired) electrons. The lowest BCUT2D eigenvalue weighted by Gasteiger charge is -2.17. The van der Waals surface area contributed by atoms with Crippen molar-refractivity contribution in [1.82, 2.24) is 10.3 Å². The molecule has 0 saturated heterocycles. The number of carbonyl (C=O) groups excluding carboxylic acids is 1. The molecule has 2 atom stereocenters. The zero-order valence-corrected chi connectivity index (χ0v) is 15.7. The van der Waals surface area contributed by atoms with E-state index < -0.39 is 0 Å². The van der Waals surface area contributed by atoms with Gasteiger partial charge in [-0.25, -0.2) is 0 Å². The minimum atomic E-state index is -0.0668. The topological polar surface area (TPSA) is 56.9 Å². The summed E-state index contributed by atoms with van der Waals surface area (Å²) in [7, 11) is 0. The minimum absolute atomic E-state index is 0.0668. The normalized spacial score (nSPS) is 18.6. The predicted molar refractivity (Wildman–Crippen MR) is 107 cm³/mol. The highest BCUT2D eigenvalue weighted by atomic mass is 35.5. The first-order chi connectivity index (χ1) is 12.5. The summed E-state index contributed by atoms with van der Waals surface area (Å²) in [6.07, 6.45) is 0.869. The minimum Gasteiger partial charge on any atom is -0.381 e. The monoisotopic (exact) mass is 367 g/mol. The molecule has 3 aromatic rings. The number of aromatic nitrogens is 1. The number of fused-ring (bicyclic) bond motifs is 2. The Morgan fingerprint density at radius 1 is 1.23 bits per heavy atom. The van der Waals surface area contributed by atoms with Gasteiger partial charge in [0.2, 0.25) is 0 Å². The average molecular weight is 368 g/mol. The van der Waals surface area contributed by atoms with Crippen molar-refractivity contribution in [1.29, 1.82) is 0 Å². The average Bonchev–Trinajstić information content (AvgIpc) is 3.20. The molecule has 134 valence electrons. The third-order valence-corrected chi connectivity index (χ3v) is 5.59. The largest absolute Gasteiger partial charge is 0.381 e. The van der Waals surface area contributed by atoms with Crippen molar-refractivity contribution in [3.63, 3.8) is 0 Å². The third-order valence-electron chi connectivity index (χ3n) is 5.27. The number of benzene rings is 2. The summed E-state index contributed by atoms with van der Waals surface area (Å²) in [5.41, 5.74) is 5.15. The van der Waals surface area contributed by atoms with Crippen molar-refractivity contribution in [3.05, 3.63) is 64.3 Å². The number of nitrogens with one attached hydrogen (secondary N) is 3. The van der Waals surface area contributed by atoms with Gasteiger partial charge in [-0.3, -0.25) is 4.79 Å². The molecular weight excluding hydrogens is 346 g/mol. The van der Waals surface area contributed by atoms with Crippen LogP contribution in [0.4, 0.5) is 5.69 Å². The Morgan fingerprint density at radius 2 is 2.04 bits per heavy atom. The van der Waals surface area contributed by atoms with Crippen LogP contribution in [0.1, 0.15) is 40.9 Å². The number of rotatable bonds is 4. The van der Waals surface area contributed by atoms with Crippen molar-refractivity contribution in [2.45, 2.75) is 32.2 Å². The van der Waals surface area contributed by atoms with Gasteiger partial charge in [-0.2, -0.15) is 0 Å². The molecule has 5 heteroatoms. The number of carbonyl (C=O) groups is 1. The fraction of sp³-hybridized carbons (Fsp3) is 0.286. The van der Waals surface area contributed by atoms with Gasteiger partial charge < -0.3 is 15.6 Å². The molecule has 0 bridgehead atoms. The van der Waals surface area contributed by atoms with E-state index in [2.05, 4.69) is 35.5 Å². The molecule has 1 aliphatic heterocycles. The van der Waals surface area contributed by atoms with Crippen molar-refractivity contribution >= 4 is 34.1 Å². The van der Waals surface area contributed by atoms with Crippen molar-refractivity contribution in [3.8, 4) is 0 Å². The van der Waals surface area contributed by atoms with Gasteiger partial charge in [0.1, 0.15) is 5.69 Å². The molecule has 2 heterocycles. The maximum absolute atomic E-state index is 12.5. The zero-order valence-electron chi connectivity index (χ0n) is 14.9. The van der Waals surface area contributed by atoms with Crippen LogP contribution < -0.4 is 10.6 Å². The Morgan fingerprint density at radius 3 is 2.85 bits per heavy atom. The number of para-hydroxylation sites is 1. The van der Waals surface area contributed by atoms with Gasteiger partial charge in [-0.1, -0.05) is 35.9 Å². The summed E-state index contributed by atoms with van der Waals surface area (Å²) in [4.78, 5) is 15.6. The Kier molecular flexibility index (Phi) is 4.37. The van der Waals surface area contributed by atoms with Gasteiger partial charge >= 0.3 is 0 Å². The summed E-state index contributed by atoms with van der Waals surface area (Å²) in [5.74, 6) is 0.273. The number of aromatic amines is 1. The molecule has 2 aromatic carbocycles. The van der Waals surface area contributed by atoms with Gasteiger partial charge in [0.25, 0.3) is 5.91 Å². The molecule has 0 fully saturated rings. The highest BCUT2D eigenvalue weighted by molar-refractivity contribution is 6.33. The Balaban J connectivity index is 1.44. The molecule has 0 saturated carbocycles. The van der Waals surface area contributed by atoms with Crippen LogP contribution in [0.5, 0.6) is 0 Å². The fourth-order valence-electron chi connectivity index (χ4n) is 3.93. The molecular formula is C21H22ClN3O. The number of halogens is 1. The van der Waals surface area contributed by atoms with E-state index in [0.717, 1.165) is 28.0 Å². The zero-order chi connectivity index (χ0) is 18.3. The molecule has 2 unspecified atom stereocenters. The van der Waals surface area contributed by atoms with Gasteiger partial charge in [0, 0.05) is 29.4 Å². The Labute approximate surface area is 157 Å².